The van der Waals surface area contributed by atoms with E-state index in [1.54, 1.807) is 0 Å². The number of carbonyl (C=O) groups is 1. The number of carbonyl (C=O) groups excluding carboxylic acids is 1. The Balaban J connectivity index is 1.57. The molecule has 0 N–H and O–H groups in total. The van der Waals surface area contributed by atoms with Gasteiger partial charge in [0.1, 0.15) is 5.75 Å². The molecule has 0 aromatic heterocycles. The molecule has 2 aromatic carbocycles. The highest BCUT2D eigenvalue weighted by Gasteiger charge is 2.36. The summed E-state index contributed by atoms with van der Waals surface area (Å²) in [7, 11) is 0. The standard InChI is InChI=1S/C31H39NO3/c1-4-9-24(3)35-29-17-15-26(16-18-29)25-11-13-27(14-12-25)28-10-8-20-31(22-28,23-32)19-6-7-21-34-30(33)5-2/h5,11-18,24,28H,2,4,6-10,19-22H2,1,3H3. The van der Waals surface area contributed by atoms with Gasteiger partial charge < -0.3 is 9.47 Å². The van der Waals surface area contributed by atoms with Crippen LogP contribution in [0.3, 0.4) is 0 Å². The van der Waals surface area contributed by atoms with E-state index in [2.05, 4.69) is 75.0 Å². The second kappa shape index (κ2) is 13.1. The maximum Gasteiger partial charge on any atom is 0.330 e. The molecule has 1 saturated carbocycles. The van der Waals surface area contributed by atoms with Crippen LogP contribution in [0, 0.1) is 16.7 Å². The Hall–Kier alpha value is -3.06. The normalized spacial score (nSPS) is 20.4. The average molecular weight is 474 g/mol. The molecule has 1 aliphatic carbocycles. The molecular formula is C31H39NO3. The van der Waals surface area contributed by atoms with Gasteiger partial charge in [-0.05, 0) is 86.6 Å². The van der Waals surface area contributed by atoms with E-state index < -0.39 is 0 Å². The summed E-state index contributed by atoms with van der Waals surface area (Å²) in [5.41, 5.74) is 3.41. The number of unbranched alkanes of at least 4 members (excludes halogenated alkanes) is 1. The van der Waals surface area contributed by atoms with Gasteiger partial charge in [-0.2, -0.15) is 5.26 Å². The van der Waals surface area contributed by atoms with E-state index in [0.717, 1.165) is 63.5 Å². The number of hydrogen-bond donors (Lipinski definition) is 0. The van der Waals surface area contributed by atoms with Gasteiger partial charge in [-0.3, -0.25) is 0 Å². The number of hydrogen-bond acceptors (Lipinski definition) is 4. The quantitative estimate of drug-likeness (QED) is 0.178. The smallest absolute Gasteiger partial charge is 0.330 e. The summed E-state index contributed by atoms with van der Waals surface area (Å²) < 4.78 is 11.1. The Morgan fingerprint density at radius 3 is 2.49 bits per heavy atom. The lowest BCUT2D eigenvalue weighted by atomic mass is 9.66. The second-order valence-corrected chi connectivity index (χ2v) is 9.88. The zero-order chi connectivity index (χ0) is 25.1. The Labute approximate surface area is 211 Å². The fraction of sp³-hybridized carbons (Fsp3) is 0.484. The van der Waals surface area contributed by atoms with Gasteiger partial charge in [-0.15, -0.1) is 0 Å². The first-order valence-electron chi connectivity index (χ1n) is 13.1. The molecule has 3 atom stereocenters. The number of benzene rings is 2. The van der Waals surface area contributed by atoms with Crippen molar-refractivity contribution in [1.82, 2.24) is 0 Å². The molecule has 3 rings (SSSR count). The van der Waals surface area contributed by atoms with E-state index in [1.165, 1.54) is 22.8 Å². The van der Waals surface area contributed by atoms with Crippen LogP contribution < -0.4 is 4.74 Å². The Bertz CT molecular complexity index is 989. The fourth-order valence-electron chi connectivity index (χ4n) is 5.20. The summed E-state index contributed by atoms with van der Waals surface area (Å²) in [6.45, 7) is 8.09. The van der Waals surface area contributed by atoms with Crippen LogP contribution in [0.5, 0.6) is 5.75 Å². The highest BCUT2D eigenvalue weighted by Crippen LogP contribution is 2.46. The lowest BCUT2D eigenvalue weighted by molar-refractivity contribution is -0.137. The molecule has 1 fully saturated rings. The van der Waals surface area contributed by atoms with Gasteiger partial charge in [-0.25, -0.2) is 4.79 Å². The fourth-order valence-corrected chi connectivity index (χ4v) is 5.20. The molecule has 186 valence electrons. The number of ether oxygens (including phenoxy) is 2. The third-order valence-corrected chi connectivity index (χ3v) is 7.15. The van der Waals surface area contributed by atoms with Crippen LogP contribution in [0.1, 0.15) is 83.1 Å². The van der Waals surface area contributed by atoms with Crippen LogP contribution >= 0.6 is 0 Å². The molecule has 0 amide bonds. The topological polar surface area (TPSA) is 59.3 Å². The predicted molar refractivity (Wildman–Crippen MR) is 141 cm³/mol. The first-order chi connectivity index (χ1) is 17.0. The van der Waals surface area contributed by atoms with E-state index in [1.807, 2.05) is 0 Å². The minimum Gasteiger partial charge on any atom is -0.491 e. The van der Waals surface area contributed by atoms with Crippen LogP contribution in [-0.4, -0.2) is 18.7 Å². The summed E-state index contributed by atoms with van der Waals surface area (Å²) in [6.07, 6.45) is 10.2. The van der Waals surface area contributed by atoms with E-state index >= 15 is 0 Å². The van der Waals surface area contributed by atoms with Crippen molar-refractivity contribution >= 4 is 5.97 Å². The number of esters is 1. The Morgan fingerprint density at radius 2 is 1.86 bits per heavy atom. The van der Waals surface area contributed by atoms with Crippen molar-refractivity contribution in [2.24, 2.45) is 5.41 Å². The lowest BCUT2D eigenvalue weighted by Gasteiger charge is -2.36. The predicted octanol–water partition coefficient (Wildman–Crippen LogP) is 7.99. The number of nitriles is 1. The van der Waals surface area contributed by atoms with Crippen LogP contribution in [0.15, 0.2) is 61.2 Å². The molecule has 4 heteroatoms. The largest absolute Gasteiger partial charge is 0.491 e. The van der Waals surface area contributed by atoms with Gasteiger partial charge >= 0.3 is 5.97 Å². The van der Waals surface area contributed by atoms with Gasteiger partial charge in [0.05, 0.1) is 24.2 Å². The lowest BCUT2D eigenvalue weighted by Crippen LogP contribution is -2.26. The molecule has 0 radical (unpaired) electrons. The molecule has 1 aliphatic rings. The molecule has 2 aromatic rings. The third kappa shape index (κ3) is 7.72. The first kappa shape index (κ1) is 26.5. The monoisotopic (exact) mass is 473 g/mol. The average Bonchev–Trinajstić information content (AvgIpc) is 2.89. The minimum absolute atomic E-state index is 0.232. The molecule has 4 nitrogen and oxygen atoms in total. The van der Waals surface area contributed by atoms with Crippen molar-refractivity contribution in [2.45, 2.75) is 83.7 Å². The van der Waals surface area contributed by atoms with Crippen molar-refractivity contribution in [3.63, 3.8) is 0 Å². The van der Waals surface area contributed by atoms with Crippen LogP contribution in [0.4, 0.5) is 0 Å². The van der Waals surface area contributed by atoms with Gasteiger partial charge in [0.15, 0.2) is 0 Å². The van der Waals surface area contributed by atoms with Crippen LogP contribution in [-0.2, 0) is 9.53 Å². The van der Waals surface area contributed by atoms with E-state index in [-0.39, 0.29) is 17.5 Å². The molecule has 0 heterocycles. The van der Waals surface area contributed by atoms with E-state index in [9.17, 15) is 10.1 Å². The van der Waals surface area contributed by atoms with Gasteiger partial charge in [-0.1, -0.05) is 62.7 Å². The highest BCUT2D eigenvalue weighted by atomic mass is 16.5. The summed E-state index contributed by atoms with van der Waals surface area (Å²) in [4.78, 5) is 11.2. The Morgan fingerprint density at radius 1 is 1.17 bits per heavy atom. The summed E-state index contributed by atoms with van der Waals surface area (Å²) in [5, 5.41) is 10.0. The maximum absolute atomic E-state index is 11.2. The van der Waals surface area contributed by atoms with Crippen molar-refractivity contribution in [3.05, 3.63) is 66.7 Å². The zero-order valence-electron chi connectivity index (χ0n) is 21.3. The zero-order valence-corrected chi connectivity index (χ0v) is 21.3. The maximum atomic E-state index is 11.2. The van der Waals surface area contributed by atoms with E-state index in [0.29, 0.717) is 12.5 Å². The summed E-state index contributed by atoms with van der Waals surface area (Å²) in [5.74, 6) is 0.944. The molecule has 0 aliphatic heterocycles. The molecule has 3 unspecified atom stereocenters. The number of nitrogens with zero attached hydrogens (tertiary/aromatic N) is 1. The van der Waals surface area contributed by atoms with Gasteiger partial charge in [0, 0.05) is 6.08 Å². The van der Waals surface area contributed by atoms with Crippen molar-refractivity contribution < 1.29 is 14.3 Å². The third-order valence-electron chi connectivity index (χ3n) is 7.15. The van der Waals surface area contributed by atoms with Gasteiger partial charge in [0.2, 0.25) is 0 Å². The van der Waals surface area contributed by atoms with E-state index in [4.69, 9.17) is 9.47 Å². The number of rotatable bonds is 12. The molecule has 35 heavy (non-hydrogen) atoms. The molecular weight excluding hydrogens is 434 g/mol. The summed E-state index contributed by atoms with van der Waals surface area (Å²) >= 11 is 0. The van der Waals surface area contributed by atoms with Crippen LogP contribution in [0.2, 0.25) is 0 Å². The van der Waals surface area contributed by atoms with Gasteiger partial charge in [0.25, 0.3) is 0 Å². The molecule has 0 spiro atoms. The van der Waals surface area contributed by atoms with Crippen molar-refractivity contribution in [1.29, 1.82) is 5.26 Å². The first-order valence-corrected chi connectivity index (χ1v) is 13.1. The molecule has 0 bridgehead atoms. The molecule has 0 saturated heterocycles. The SMILES string of the molecule is C=CC(=O)OCCCCC1(C#N)CCCC(c2ccc(-c3ccc(OC(C)CCC)cc3)cc2)C1. The Kier molecular flexibility index (Phi) is 9.97. The minimum atomic E-state index is -0.382. The highest BCUT2D eigenvalue weighted by molar-refractivity contribution is 5.81. The van der Waals surface area contributed by atoms with Crippen molar-refractivity contribution in [3.8, 4) is 22.9 Å². The summed E-state index contributed by atoms with van der Waals surface area (Å²) in [6, 6.07) is 19.9. The second-order valence-electron chi connectivity index (χ2n) is 9.88. The van der Waals surface area contributed by atoms with Crippen LogP contribution in [0.25, 0.3) is 11.1 Å². The van der Waals surface area contributed by atoms with Crippen molar-refractivity contribution in [2.75, 3.05) is 6.61 Å².